The minimum absolute atomic E-state index is 0.0532. The van der Waals surface area contributed by atoms with Crippen molar-refractivity contribution in [2.75, 3.05) is 0 Å². The Labute approximate surface area is 87.5 Å². The standard InChI is InChI=1S/C11H11N3O/c1-8-3-5-9(6-4-8)11(15)10-7-12-13-14(10)2/h3-7H,1-2H3. The molecule has 0 saturated heterocycles. The summed E-state index contributed by atoms with van der Waals surface area (Å²) in [5.41, 5.74) is 2.29. The molecule has 1 heterocycles. The Bertz CT molecular complexity index is 485. The number of aromatic nitrogens is 3. The van der Waals surface area contributed by atoms with Crippen molar-refractivity contribution in [2.45, 2.75) is 6.92 Å². The van der Waals surface area contributed by atoms with Crippen LogP contribution in [-0.4, -0.2) is 20.8 Å². The van der Waals surface area contributed by atoms with Crippen LogP contribution < -0.4 is 0 Å². The number of hydrogen-bond acceptors (Lipinski definition) is 3. The second-order valence-corrected chi connectivity index (χ2v) is 3.44. The third kappa shape index (κ3) is 1.79. The van der Waals surface area contributed by atoms with Gasteiger partial charge in [-0.1, -0.05) is 35.0 Å². The Hall–Kier alpha value is -1.97. The molecule has 0 unspecified atom stereocenters. The maximum Gasteiger partial charge on any atom is 0.212 e. The van der Waals surface area contributed by atoms with E-state index in [9.17, 15) is 4.79 Å². The molecule has 0 radical (unpaired) electrons. The molecular weight excluding hydrogens is 190 g/mol. The molecule has 0 amide bonds. The summed E-state index contributed by atoms with van der Waals surface area (Å²) in [5, 5.41) is 7.40. The van der Waals surface area contributed by atoms with Crippen LogP contribution in [0.5, 0.6) is 0 Å². The van der Waals surface area contributed by atoms with Gasteiger partial charge in [0, 0.05) is 12.6 Å². The second-order valence-electron chi connectivity index (χ2n) is 3.44. The van der Waals surface area contributed by atoms with Crippen LogP contribution in [0.2, 0.25) is 0 Å². The average molecular weight is 201 g/mol. The molecule has 0 N–H and O–H groups in total. The van der Waals surface area contributed by atoms with E-state index in [0.29, 0.717) is 11.3 Å². The van der Waals surface area contributed by atoms with Crippen LogP contribution in [0.3, 0.4) is 0 Å². The van der Waals surface area contributed by atoms with Crippen LogP contribution in [0, 0.1) is 6.92 Å². The first-order valence-electron chi connectivity index (χ1n) is 4.64. The third-order valence-corrected chi connectivity index (χ3v) is 2.26. The highest BCUT2D eigenvalue weighted by Crippen LogP contribution is 2.08. The van der Waals surface area contributed by atoms with Crippen LogP contribution in [-0.2, 0) is 7.05 Å². The van der Waals surface area contributed by atoms with E-state index in [4.69, 9.17) is 0 Å². The van der Waals surface area contributed by atoms with Crippen molar-refractivity contribution in [3.63, 3.8) is 0 Å². The zero-order chi connectivity index (χ0) is 10.8. The van der Waals surface area contributed by atoms with Gasteiger partial charge in [-0.25, -0.2) is 4.68 Å². The molecule has 1 aromatic heterocycles. The molecule has 0 bridgehead atoms. The molecule has 2 aromatic rings. The van der Waals surface area contributed by atoms with Gasteiger partial charge in [0.2, 0.25) is 5.78 Å². The summed E-state index contributed by atoms with van der Waals surface area (Å²) in [7, 11) is 1.70. The van der Waals surface area contributed by atoms with Crippen LogP contribution in [0.1, 0.15) is 21.6 Å². The van der Waals surface area contributed by atoms with Crippen LogP contribution in [0.15, 0.2) is 30.5 Å². The van der Waals surface area contributed by atoms with E-state index >= 15 is 0 Å². The fourth-order valence-corrected chi connectivity index (χ4v) is 1.35. The largest absolute Gasteiger partial charge is 0.287 e. The summed E-state index contributed by atoms with van der Waals surface area (Å²) in [6.07, 6.45) is 1.47. The number of rotatable bonds is 2. The summed E-state index contributed by atoms with van der Waals surface area (Å²) < 4.78 is 1.47. The molecular formula is C11H11N3O. The first kappa shape index (κ1) is 9.58. The third-order valence-electron chi connectivity index (χ3n) is 2.26. The van der Waals surface area contributed by atoms with Crippen molar-refractivity contribution in [1.29, 1.82) is 0 Å². The Morgan fingerprint density at radius 3 is 2.47 bits per heavy atom. The van der Waals surface area contributed by atoms with Gasteiger partial charge in [0.05, 0.1) is 6.20 Å². The van der Waals surface area contributed by atoms with Crippen molar-refractivity contribution >= 4 is 5.78 Å². The molecule has 0 aliphatic heterocycles. The molecule has 15 heavy (non-hydrogen) atoms. The van der Waals surface area contributed by atoms with Gasteiger partial charge in [-0.15, -0.1) is 5.10 Å². The molecule has 1 aromatic carbocycles. The lowest BCUT2D eigenvalue weighted by Crippen LogP contribution is -2.07. The highest BCUT2D eigenvalue weighted by Gasteiger charge is 2.12. The quantitative estimate of drug-likeness (QED) is 0.689. The maximum atomic E-state index is 11.9. The van der Waals surface area contributed by atoms with Gasteiger partial charge in [-0.05, 0) is 6.92 Å². The predicted molar refractivity (Wildman–Crippen MR) is 55.6 cm³/mol. The van der Waals surface area contributed by atoms with E-state index in [0.717, 1.165) is 5.56 Å². The number of carbonyl (C=O) groups is 1. The average Bonchev–Trinajstić information content (AvgIpc) is 2.65. The first-order valence-corrected chi connectivity index (χ1v) is 4.64. The summed E-state index contributed by atoms with van der Waals surface area (Å²) >= 11 is 0. The number of aryl methyl sites for hydroxylation is 2. The van der Waals surface area contributed by atoms with Gasteiger partial charge in [-0.3, -0.25) is 4.79 Å². The lowest BCUT2D eigenvalue weighted by molar-refractivity contribution is 0.103. The second kappa shape index (κ2) is 3.65. The van der Waals surface area contributed by atoms with E-state index < -0.39 is 0 Å². The molecule has 0 saturated carbocycles. The summed E-state index contributed by atoms with van der Waals surface area (Å²) in [5.74, 6) is -0.0532. The summed E-state index contributed by atoms with van der Waals surface area (Å²) in [6.45, 7) is 1.99. The molecule has 2 rings (SSSR count). The topological polar surface area (TPSA) is 47.8 Å². The SMILES string of the molecule is Cc1ccc(C(=O)c2cnnn2C)cc1. The number of hydrogen-bond donors (Lipinski definition) is 0. The first-order chi connectivity index (χ1) is 7.18. The smallest absolute Gasteiger partial charge is 0.212 e. The molecule has 76 valence electrons. The molecule has 0 aliphatic carbocycles. The fraction of sp³-hybridized carbons (Fsp3) is 0.182. The minimum atomic E-state index is -0.0532. The molecule has 0 spiro atoms. The van der Waals surface area contributed by atoms with E-state index in [-0.39, 0.29) is 5.78 Å². The van der Waals surface area contributed by atoms with E-state index in [1.807, 2.05) is 31.2 Å². The van der Waals surface area contributed by atoms with Crippen molar-refractivity contribution in [3.8, 4) is 0 Å². The highest BCUT2D eigenvalue weighted by molar-refractivity contribution is 6.07. The lowest BCUT2D eigenvalue weighted by atomic mass is 10.1. The predicted octanol–water partition coefficient (Wildman–Crippen LogP) is 1.35. The van der Waals surface area contributed by atoms with E-state index in [1.165, 1.54) is 10.9 Å². The zero-order valence-corrected chi connectivity index (χ0v) is 8.64. The van der Waals surface area contributed by atoms with Crippen molar-refractivity contribution in [2.24, 2.45) is 7.05 Å². The number of benzene rings is 1. The monoisotopic (exact) mass is 201 g/mol. The highest BCUT2D eigenvalue weighted by atomic mass is 16.1. The zero-order valence-electron chi connectivity index (χ0n) is 8.64. The molecule has 0 fully saturated rings. The molecule has 0 atom stereocenters. The van der Waals surface area contributed by atoms with Crippen molar-refractivity contribution < 1.29 is 4.79 Å². The van der Waals surface area contributed by atoms with E-state index in [2.05, 4.69) is 10.3 Å². The Morgan fingerprint density at radius 2 is 1.93 bits per heavy atom. The molecule has 4 nitrogen and oxygen atoms in total. The Kier molecular flexibility index (Phi) is 2.33. The van der Waals surface area contributed by atoms with Gasteiger partial charge in [0.15, 0.2) is 0 Å². The Morgan fingerprint density at radius 1 is 1.27 bits per heavy atom. The van der Waals surface area contributed by atoms with Gasteiger partial charge in [0.1, 0.15) is 5.69 Å². The van der Waals surface area contributed by atoms with Gasteiger partial charge >= 0.3 is 0 Å². The van der Waals surface area contributed by atoms with Crippen LogP contribution >= 0.6 is 0 Å². The summed E-state index contributed by atoms with van der Waals surface area (Å²) in [4.78, 5) is 11.9. The number of ketones is 1. The lowest BCUT2D eigenvalue weighted by Gasteiger charge is -2.00. The molecule has 4 heteroatoms. The Balaban J connectivity index is 2.37. The van der Waals surface area contributed by atoms with Gasteiger partial charge in [-0.2, -0.15) is 0 Å². The van der Waals surface area contributed by atoms with Crippen LogP contribution in [0.25, 0.3) is 0 Å². The van der Waals surface area contributed by atoms with E-state index in [1.54, 1.807) is 7.05 Å². The maximum absolute atomic E-state index is 11.9. The molecule has 0 aliphatic rings. The summed E-state index contributed by atoms with van der Waals surface area (Å²) in [6, 6.07) is 7.45. The normalized spacial score (nSPS) is 10.3. The van der Waals surface area contributed by atoms with Crippen molar-refractivity contribution in [3.05, 3.63) is 47.3 Å². The van der Waals surface area contributed by atoms with Crippen LogP contribution in [0.4, 0.5) is 0 Å². The number of nitrogens with zero attached hydrogens (tertiary/aromatic N) is 3. The number of carbonyl (C=O) groups excluding carboxylic acids is 1. The van der Waals surface area contributed by atoms with Gasteiger partial charge < -0.3 is 0 Å². The van der Waals surface area contributed by atoms with Crippen molar-refractivity contribution in [1.82, 2.24) is 15.0 Å². The fourth-order valence-electron chi connectivity index (χ4n) is 1.35. The minimum Gasteiger partial charge on any atom is -0.287 e. The van der Waals surface area contributed by atoms with Gasteiger partial charge in [0.25, 0.3) is 0 Å².